The molecular formula is C11H19BrO3. The van der Waals surface area contributed by atoms with Crippen LogP contribution < -0.4 is 0 Å². The lowest BCUT2D eigenvalue weighted by atomic mass is 10.3. The molecular weight excluding hydrogens is 260 g/mol. The van der Waals surface area contributed by atoms with Crippen LogP contribution in [-0.2, 0) is 14.2 Å². The minimum atomic E-state index is -0.519. The van der Waals surface area contributed by atoms with Crippen LogP contribution in [0.3, 0.4) is 0 Å². The quantitative estimate of drug-likeness (QED) is 0.529. The molecule has 1 aliphatic rings. The maximum Gasteiger partial charge on any atom is 0.244 e. The molecule has 0 unspecified atom stereocenters. The summed E-state index contributed by atoms with van der Waals surface area (Å²) in [6, 6.07) is 0. The number of ether oxygens (including phenoxy) is 3. The first-order valence-corrected chi connectivity index (χ1v) is 6.46. The van der Waals surface area contributed by atoms with Crippen molar-refractivity contribution in [1.82, 2.24) is 0 Å². The topological polar surface area (TPSA) is 27.7 Å². The second-order valence-corrected chi connectivity index (χ2v) is 4.80. The van der Waals surface area contributed by atoms with Gasteiger partial charge in [0.2, 0.25) is 5.79 Å². The highest BCUT2D eigenvalue weighted by molar-refractivity contribution is 9.09. The standard InChI is InChI=1S/C11H19BrO3/c1-11(2)14-9-10(15-11)8-13-7-5-3-4-6-12/h9H,3-8H2,1-2H3. The summed E-state index contributed by atoms with van der Waals surface area (Å²) in [6.07, 6.45) is 5.15. The van der Waals surface area contributed by atoms with Crippen LogP contribution in [0.25, 0.3) is 0 Å². The van der Waals surface area contributed by atoms with Crippen LogP contribution in [0.2, 0.25) is 0 Å². The average molecular weight is 279 g/mol. The summed E-state index contributed by atoms with van der Waals surface area (Å²) in [4.78, 5) is 0. The first kappa shape index (κ1) is 12.8. The molecule has 0 saturated carbocycles. The van der Waals surface area contributed by atoms with Gasteiger partial charge in [-0.3, -0.25) is 0 Å². The number of hydrogen-bond acceptors (Lipinski definition) is 3. The molecule has 0 saturated heterocycles. The third-order valence-corrected chi connectivity index (χ3v) is 2.58. The molecule has 0 bridgehead atoms. The van der Waals surface area contributed by atoms with Gasteiger partial charge in [-0.05, 0) is 12.8 Å². The largest absolute Gasteiger partial charge is 0.457 e. The van der Waals surface area contributed by atoms with Crippen molar-refractivity contribution in [3.63, 3.8) is 0 Å². The molecule has 0 N–H and O–H groups in total. The van der Waals surface area contributed by atoms with E-state index >= 15 is 0 Å². The molecule has 15 heavy (non-hydrogen) atoms. The number of rotatable bonds is 7. The Morgan fingerprint density at radius 3 is 2.73 bits per heavy atom. The van der Waals surface area contributed by atoms with Gasteiger partial charge in [-0.15, -0.1) is 0 Å². The molecule has 88 valence electrons. The van der Waals surface area contributed by atoms with E-state index in [-0.39, 0.29) is 0 Å². The molecule has 1 rings (SSSR count). The fourth-order valence-electron chi connectivity index (χ4n) is 1.28. The molecule has 0 radical (unpaired) electrons. The molecule has 0 spiro atoms. The molecule has 3 nitrogen and oxygen atoms in total. The molecule has 4 heteroatoms. The van der Waals surface area contributed by atoms with Crippen LogP contribution in [-0.4, -0.2) is 24.3 Å². The van der Waals surface area contributed by atoms with Crippen molar-refractivity contribution in [2.45, 2.75) is 38.9 Å². The van der Waals surface area contributed by atoms with Gasteiger partial charge in [0.1, 0.15) is 12.9 Å². The maximum atomic E-state index is 5.48. The van der Waals surface area contributed by atoms with Gasteiger partial charge in [0.25, 0.3) is 0 Å². The molecule has 0 aromatic carbocycles. The summed E-state index contributed by atoms with van der Waals surface area (Å²) < 4.78 is 16.2. The second-order valence-electron chi connectivity index (χ2n) is 4.01. The Bertz CT molecular complexity index is 214. The van der Waals surface area contributed by atoms with Crippen LogP contribution in [0, 0.1) is 0 Å². The third-order valence-electron chi connectivity index (χ3n) is 2.02. The number of halogens is 1. The Morgan fingerprint density at radius 2 is 2.13 bits per heavy atom. The smallest absolute Gasteiger partial charge is 0.244 e. The van der Waals surface area contributed by atoms with E-state index in [0.29, 0.717) is 6.61 Å². The van der Waals surface area contributed by atoms with Crippen LogP contribution in [0.1, 0.15) is 33.1 Å². The summed E-state index contributed by atoms with van der Waals surface area (Å²) in [7, 11) is 0. The summed E-state index contributed by atoms with van der Waals surface area (Å²) in [6.45, 7) is 5.06. The molecule has 0 fully saturated rings. The Balaban J connectivity index is 1.97. The first-order valence-electron chi connectivity index (χ1n) is 5.33. The van der Waals surface area contributed by atoms with E-state index in [2.05, 4.69) is 15.9 Å². The van der Waals surface area contributed by atoms with Gasteiger partial charge in [-0.2, -0.15) is 0 Å². The predicted octanol–water partition coefficient (Wildman–Crippen LogP) is 3.19. The zero-order valence-corrected chi connectivity index (χ0v) is 11.0. The highest BCUT2D eigenvalue weighted by Crippen LogP contribution is 2.24. The Hall–Kier alpha value is -0.220. The molecule has 0 aliphatic carbocycles. The van der Waals surface area contributed by atoms with E-state index < -0.39 is 5.79 Å². The van der Waals surface area contributed by atoms with Crippen molar-refractivity contribution < 1.29 is 14.2 Å². The summed E-state index contributed by atoms with van der Waals surface area (Å²) in [5, 5.41) is 1.07. The van der Waals surface area contributed by atoms with E-state index in [1.54, 1.807) is 6.26 Å². The van der Waals surface area contributed by atoms with Crippen LogP contribution in [0.5, 0.6) is 0 Å². The van der Waals surface area contributed by atoms with Crippen LogP contribution in [0.15, 0.2) is 12.0 Å². The minimum Gasteiger partial charge on any atom is -0.457 e. The van der Waals surface area contributed by atoms with Crippen molar-refractivity contribution >= 4 is 15.9 Å². The first-order chi connectivity index (χ1) is 7.14. The lowest BCUT2D eigenvalue weighted by molar-refractivity contribution is -0.121. The average Bonchev–Trinajstić information content (AvgIpc) is 2.52. The zero-order valence-electron chi connectivity index (χ0n) is 9.42. The van der Waals surface area contributed by atoms with Crippen molar-refractivity contribution in [3.8, 4) is 0 Å². The fourth-order valence-corrected chi connectivity index (χ4v) is 1.68. The molecule has 0 amide bonds. The number of alkyl halides is 1. The lowest BCUT2D eigenvalue weighted by Gasteiger charge is -2.18. The number of hydrogen-bond donors (Lipinski definition) is 0. The van der Waals surface area contributed by atoms with Crippen molar-refractivity contribution in [1.29, 1.82) is 0 Å². The van der Waals surface area contributed by atoms with Crippen molar-refractivity contribution in [3.05, 3.63) is 12.0 Å². The maximum absolute atomic E-state index is 5.48. The van der Waals surface area contributed by atoms with Gasteiger partial charge < -0.3 is 14.2 Å². The summed E-state index contributed by atoms with van der Waals surface area (Å²) in [5.41, 5.74) is 0. The monoisotopic (exact) mass is 278 g/mol. The normalized spacial score (nSPS) is 18.2. The SMILES string of the molecule is CC1(C)OC=C(COCCCCCBr)O1. The van der Waals surface area contributed by atoms with Crippen LogP contribution in [0.4, 0.5) is 0 Å². The second kappa shape index (κ2) is 6.38. The number of unbranched alkanes of at least 4 members (excludes halogenated alkanes) is 2. The predicted molar refractivity (Wildman–Crippen MR) is 62.8 cm³/mol. The van der Waals surface area contributed by atoms with Gasteiger partial charge in [0, 0.05) is 25.8 Å². The third kappa shape index (κ3) is 5.42. The molecule has 0 aromatic rings. The molecule has 0 aromatic heterocycles. The zero-order chi connectivity index (χ0) is 11.1. The summed E-state index contributed by atoms with van der Waals surface area (Å²) >= 11 is 3.40. The van der Waals surface area contributed by atoms with E-state index in [1.807, 2.05) is 13.8 Å². The van der Waals surface area contributed by atoms with Gasteiger partial charge in [-0.25, -0.2) is 0 Å². The van der Waals surface area contributed by atoms with E-state index in [0.717, 1.165) is 24.1 Å². The van der Waals surface area contributed by atoms with E-state index in [1.165, 1.54) is 12.8 Å². The lowest BCUT2D eigenvalue weighted by Crippen LogP contribution is -2.20. The molecule has 0 atom stereocenters. The van der Waals surface area contributed by atoms with Crippen LogP contribution >= 0.6 is 15.9 Å². The minimum absolute atomic E-state index is 0.512. The van der Waals surface area contributed by atoms with Gasteiger partial charge in [-0.1, -0.05) is 22.4 Å². The van der Waals surface area contributed by atoms with Crippen molar-refractivity contribution in [2.75, 3.05) is 18.5 Å². The van der Waals surface area contributed by atoms with E-state index in [4.69, 9.17) is 14.2 Å². The fraction of sp³-hybridized carbons (Fsp3) is 0.818. The Labute approximate surface area is 99.9 Å². The molecule has 1 heterocycles. The summed E-state index contributed by atoms with van der Waals surface area (Å²) in [5.74, 6) is 0.259. The van der Waals surface area contributed by atoms with Gasteiger partial charge >= 0.3 is 0 Å². The highest BCUT2D eigenvalue weighted by Gasteiger charge is 2.27. The van der Waals surface area contributed by atoms with Gasteiger partial charge in [0.15, 0.2) is 5.76 Å². The molecule has 1 aliphatic heterocycles. The Morgan fingerprint density at radius 1 is 1.33 bits per heavy atom. The van der Waals surface area contributed by atoms with Gasteiger partial charge in [0.05, 0.1) is 0 Å². The van der Waals surface area contributed by atoms with Crippen molar-refractivity contribution in [2.24, 2.45) is 0 Å². The highest BCUT2D eigenvalue weighted by atomic mass is 79.9. The Kier molecular flexibility index (Phi) is 5.47. The van der Waals surface area contributed by atoms with E-state index in [9.17, 15) is 0 Å².